The second-order valence-corrected chi connectivity index (χ2v) is 7.08. The molecule has 1 aliphatic carbocycles. The van der Waals surface area contributed by atoms with E-state index in [1.807, 2.05) is 6.07 Å². The summed E-state index contributed by atoms with van der Waals surface area (Å²) >= 11 is 0. The predicted octanol–water partition coefficient (Wildman–Crippen LogP) is 3.21. The zero-order valence-corrected chi connectivity index (χ0v) is 16.5. The van der Waals surface area contributed by atoms with Crippen LogP contribution in [0.1, 0.15) is 36.0 Å². The van der Waals surface area contributed by atoms with Crippen molar-refractivity contribution in [2.75, 3.05) is 14.2 Å². The summed E-state index contributed by atoms with van der Waals surface area (Å²) in [7, 11) is 2.81. The number of nitrogens with two attached hydrogens (primary N) is 1. The summed E-state index contributed by atoms with van der Waals surface area (Å²) in [5.74, 6) is 0.106. The third-order valence-corrected chi connectivity index (χ3v) is 5.44. The van der Waals surface area contributed by atoms with Gasteiger partial charge < -0.3 is 29.5 Å². The minimum absolute atomic E-state index is 0.0554. The number of allylic oxidation sites excluding steroid dienone is 3. The van der Waals surface area contributed by atoms with E-state index in [-0.39, 0.29) is 46.8 Å². The minimum atomic E-state index is -0.757. The van der Waals surface area contributed by atoms with Gasteiger partial charge in [0.05, 0.1) is 26.4 Å². The molecule has 0 saturated heterocycles. The lowest BCUT2D eigenvalue weighted by Crippen LogP contribution is -2.29. The Hall–Kier alpha value is -3.86. The van der Waals surface area contributed by atoms with Crippen molar-refractivity contribution < 1.29 is 28.5 Å². The predicted molar refractivity (Wildman–Crippen MR) is 105 cm³/mol. The number of methoxy groups -OCH3 is 2. The molecule has 2 aromatic rings. The molecular weight excluding hydrogens is 388 g/mol. The van der Waals surface area contributed by atoms with E-state index >= 15 is 0 Å². The molecule has 8 nitrogen and oxygen atoms in total. The number of phenols is 1. The Morgan fingerprint density at radius 1 is 1.23 bits per heavy atom. The number of carbonyl (C=O) groups is 1. The first kappa shape index (κ1) is 19.5. The zero-order chi connectivity index (χ0) is 21.4. The number of aromatic hydroxyl groups is 1. The summed E-state index contributed by atoms with van der Waals surface area (Å²) in [6.07, 6.45) is 2.19. The van der Waals surface area contributed by atoms with Crippen molar-refractivity contribution in [2.45, 2.75) is 24.7 Å². The van der Waals surface area contributed by atoms with E-state index in [0.29, 0.717) is 29.1 Å². The van der Waals surface area contributed by atoms with Crippen molar-refractivity contribution in [2.24, 2.45) is 5.73 Å². The smallest absolute Gasteiger partial charge is 0.205 e. The van der Waals surface area contributed by atoms with Gasteiger partial charge >= 0.3 is 0 Å². The topological polar surface area (TPSA) is 128 Å². The molecule has 1 aliphatic heterocycles. The van der Waals surface area contributed by atoms with Crippen LogP contribution in [0.2, 0.25) is 0 Å². The maximum Gasteiger partial charge on any atom is 0.205 e. The van der Waals surface area contributed by atoms with E-state index in [9.17, 15) is 15.2 Å². The van der Waals surface area contributed by atoms with Crippen molar-refractivity contribution in [1.82, 2.24) is 0 Å². The number of hydrogen-bond donors (Lipinski definition) is 2. The molecule has 30 heavy (non-hydrogen) atoms. The first-order valence-electron chi connectivity index (χ1n) is 9.30. The molecule has 0 unspecified atom stereocenters. The number of phenolic OH excluding ortho intramolecular Hbond substituents is 1. The minimum Gasteiger partial charge on any atom is -0.502 e. The van der Waals surface area contributed by atoms with E-state index in [1.54, 1.807) is 24.5 Å². The molecule has 4 rings (SSSR count). The van der Waals surface area contributed by atoms with Gasteiger partial charge in [0.1, 0.15) is 23.2 Å². The van der Waals surface area contributed by atoms with Crippen molar-refractivity contribution >= 4 is 5.78 Å². The fraction of sp³-hybridized carbons (Fsp3) is 0.273. The maximum atomic E-state index is 13.2. The second kappa shape index (κ2) is 7.52. The van der Waals surface area contributed by atoms with Crippen LogP contribution in [0.25, 0.3) is 0 Å². The molecule has 2 aliphatic rings. The lowest BCUT2D eigenvalue weighted by Gasteiger charge is -2.33. The Morgan fingerprint density at radius 3 is 2.50 bits per heavy atom. The molecule has 0 fully saturated rings. The zero-order valence-electron chi connectivity index (χ0n) is 16.5. The molecule has 1 aromatic carbocycles. The first-order valence-corrected chi connectivity index (χ1v) is 9.30. The number of hydrogen-bond acceptors (Lipinski definition) is 8. The number of benzene rings is 1. The number of carbonyl (C=O) groups excluding carboxylic acids is 1. The van der Waals surface area contributed by atoms with Crippen LogP contribution in [-0.2, 0) is 9.53 Å². The molecule has 8 heteroatoms. The van der Waals surface area contributed by atoms with Gasteiger partial charge in [0.2, 0.25) is 11.6 Å². The Kier molecular flexibility index (Phi) is 4.88. The molecule has 3 N–H and O–H groups in total. The molecule has 0 saturated carbocycles. The van der Waals surface area contributed by atoms with E-state index < -0.39 is 5.92 Å². The quantitative estimate of drug-likeness (QED) is 0.789. The van der Waals surface area contributed by atoms with Crippen LogP contribution >= 0.6 is 0 Å². The Bertz CT molecular complexity index is 1080. The highest BCUT2D eigenvalue weighted by atomic mass is 16.5. The SMILES string of the molecule is COc1cc([C@H]2C(C#N)=C(N)OC3=C2C(=O)C[C@H](c2ccco2)C3)cc(OC)c1O. The molecule has 0 bridgehead atoms. The fourth-order valence-electron chi connectivity index (χ4n) is 4.05. The third kappa shape index (κ3) is 3.05. The number of ether oxygens (including phenoxy) is 3. The standard InChI is InChI=1S/C22H20N2O6/c1-27-17-8-12(9-18(28-2)21(17)26)19-13(10-23)22(24)30-16-7-11(6-14(25)20(16)19)15-4-3-5-29-15/h3-5,8-9,11,19,26H,6-7,24H2,1-2H3/t11-,19-/m0/s1. The average molecular weight is 408 g/mol. The van der Waals surface area contributed by atoms with Crippen LogP contribution in [0.4, 0.5) is 0 Å². The molecule has 0 amide bonds. The summed E-state index contributed by atoms with van der Waals surface area (Å²) in [6.45, 7) is 0. The normalized spacial score (nSPS) is 21.0. The Labute approximate surface area is 172 Å². The van der Waals surface area contributed by atoms with Gasteiger partial charge in [-0.15, -0.1) is 0 Å². The van der Waals surface area contributed by atoms with Gasteiger partial charge in [0.25, 0.3) is 0 Å². The van der Waals surface area contributed by atoms with Gasteiger partial charge in [-0.3, -0.25) is 4.79 Å². The molecule has 154 valence electrons. The van der Waals surface area contributed by atoms with Gasteiger partial charge in [-0.05, 0) is 29.8 Å². The lowest BCUT2D eigenvalue weighted by molar-refractivity contribution is -0.117. The third-order valence-electron chi connectivity index (χ3n) is 5.44. The van der Waals surface area contributed by atoms with E-state index in [1.165, 1.54) is 14.2 Å². The van der Waals surface area contributed by atoms with Gasteiger partial charge in [0.15, 0.2) is 17.3 Å². The number of nitriles is 1. The van der Waals surface area contributed by atoms with Crippen molar-refractivity contribution in [3.8, 4) is 23.3 Å². The van der Waals surface area contributed by atoms with Crippen LogP contribution in [0.15, 0.2) is 57.7 Å². The summed E-state index contributed by atoms with van der Waals surface area (Å²) in [5.41, 5.74) is 7.08. The highest BCUT2D eigenvalue weighted by molar-refractivity contribution is 6.00. The molecule has 0 radical (unpaired) electrons. The van der Waals surface area contributed by atoms with E-state index in [4.69, 9.17) is 24.4 Å². The van der Waals surface area contributed by atoms with E-state index in [2.05, 4.69) is 6.07 Å². The highest BCUT2D eigenvalue weighted by Gasteiger charge is 2.42. The molecule has 1 aromatic heterocycles. The number of ketones is 1. The highest BCUT2D eigenvalue weighted by Crippen LogP contribution is 2.49. The molecule has 2 heterocycles. The maximum absolute atomic E-state index is 13.2. The Morgan fingerprint density at radius 2 is 1.93 bits per heavy atom. The largest absolute Gasteiger partial charge is 0.502 e. The summed E-state index contributed by atoms with van der Waals surface area (Å²) in [4.78, 5) is 13.2. The van der Waals surface area contributed by atoms with Crippen LogP contribution in [0.5, 0.6) is 17.2 Å². The number of furan rings is 1. The van der Waals surface area contributed by atoms with Crippen LogP contribution < -0.4 is 15.2 Å². The number of rotatable bonds is 4. The lowest BCUT2D eigenvalue weighted by atomic mass is 9.74. The first-order chi connectivity index (χ1) is 14.5. The van der Waals surface area contributed by atoms with Crippen LogP contribution in [-0.4, -0.2) is 25.1 Å². The number of Topliss-reactive ketones (excluding diaryl/α,β-unsaturated/α-hetero) is 1. The summed E-state index contributed by atoms with van der Waals surface area (Å²) in [6, 6.07) is 8.78. The van der Waals surface area contributed by atoms with Crippen molar-refractivity contribution in [1.29, 1.82) is 5.26 Å². The van der Waals surface area contributed by atoms with Gasteiger partial charge in [-0.25, -0.2) is 0 Å². The van der Waals surface area contributed by atoms with E-state index in [0.717, 1.165) is 0 Å². The number of nitrogens with zero attached hydrogens (tertiary/aromatic N) is 1. The average Bonchev–Trinajstić information content (AvgIpc) is 3.28. The molecular formula is C22H20N2O6. The second-order valence-electron chi connectivity index (χ2n) is 7.08. The van der Waals surface area contributed by atoms with Gasteiger partial charge in [-0.2, -0.15) is 5.26 Å². The fourth-order valence-corrected chi connectivity index (χ4v) is 4.05. The van der Waals surface area contributed by atoms with Crippen LogP contribution in [0.3, 0.4) is 0 Å². The van der Waals surface area contributed by atoms with Crippen LogP contribution in [0, 0.1) is 11.3 Å². The van der Waals surface area contributed by atoms with Crippen molar-refractivity contribution in [3.63, 3.8) is 0 Å². The monoisotopic (exact) mass is 408 g/mol. The molecule has 0 spiro atoms. The van der Waals surface area contributed by atoms with Crippen molar-refractivity contribution in [3.05, 3.63) is 64.6 Å². The summed E-state index contributed by atoms with van der Waals surface area (Å²) in [5, 5.41) is 20.0. The van der Waals surface area contributed by atoms with Gasteiger partial charge in [0, 0.05) is 24.3 Å². The summed E-state index contributed by atoms with van der Waals surface area (Å²) < 4.78 is 21.7. The Balaban J connectivity index is 1.86. The molecule has 2 atom stereocenters. The van der Waals surface area contributed by atoms with Gasteiger partial charge in [-0.1, -0.05) is 0 Å².